The number of hydrogen-bond donors (Lipinski definition) is 0. The fourth-order valence-electron chi connectivity index (χ4n) is 2.78. The lowest BCUT2D eigenvalue weighted by atomic mass is 10.2. The Morgan fingerprint density at radius 2 is 1.74 bits per heavy atom. The zero-order chi connectivity index (χ0) is 21.8. The second kappa shape index (κ2) is 9.27. The molecule has 0 radical (unpaired) electrons. The third-order valence-corrected chi connectivity index (χ3v) is 5.35. The summed E-state index contributed by atoms with van der Waals surface area (Å²) in [6.07, 6.45) is 0. The number of benzene rings is 2. The first kappa shape index (κ1) is 21.0. The van der Waals surface area contributed by atoms with Crippen LogP contribution in [0.5, 0.6) is 17.2 Å². The van der Waals surface area contributed by atoms with Gasteiger partial charge in [0.05, 0.1) is 32.1 Å². The van der Waals surface area contributed by atoms with Gasteiger partial charge >= 0.3 is 0 Å². The van der Waals surface area contributed by atoms with Crippen molar-refractivity contribution in [1.82, 2.24) is 20.3 Å². The lowest BCUT2D eigenvalue weighted by Crippen LogP contribution is -1.95. The highest BCUT2D eigenvalue weighted by atomic mass is 35.5. The van der Waals surface area contributed by atoms with Gasteiger partial charge in [-0.15, -0.1) is 10.2 Å². The van der Waals surface area contributed by atoms with Gasteiger partial charge in [-0.2, -0.15) is 4.98 Å². The molecular formula is C20H17ClN4O5S. The van der Waals surface area contributed by atoms with Gasteiger partial charge in [-0.05, 0) is 24.3 Å². The van der Waals surface area contributed by atoms with E-state index in [4.69, 9.17) is 34.8 Å². The topological polar surface area (TPSA) is 106 Å². The van der Waals surface area contributed by atoms with Gasteiger partial charge in [-0.25, -0.2) is 0 Å². The van der Waals surface area contributed by atoms with Gasteiger partial charge in [-0.1, -0.05) is 40.7 Å². The fourth-order valence-corrected chi connectivity index (χ4v) is 3.60. The van der Waals surface area contributed by atoms with E-state index in [0.717, 1.165) is 0 Å². The Balaban J connectivity index is 1.49. The van der Waals surface area contributed by atoms with E-state index in [1.54, 1.807) is 18.2 Å². The van der Waals surface area contributed by atoms with Crippen molar-refractivity contribution in [2.24, 2.45) is 0 Å². The molecule has 0 aliphatic rings. The van der Waals surface area contributed by atoms with Crippen molar-refractivity contribution in [1.29, 1.82) is 0 Å². The molecule has 0 aliphatic carbocycles. The van der Waals surface area contributed by atoms with Gasteiger partial charge in [-0.3, -0.25) is 0 Å². The van der Waals surface area contributed by atoms with Crippen LogP contribution in [0.4, 0.5) is 0 Å². The molecule has 4 rings (SSSR count). The minimum Gasteiger partial charge on any atom is -0.493 e. The summed E-state index contributed by atoms with van der Waals surface area (Å²) in [6, 6.07) is 10.8. The Bertz CT molecular complexity index is 1170. The van der Waals surface area contributed by atoms with Gasteiger partial charge in [0.1, 0.15) is 0 Å². The molecule has 0 amide bonds. The highest BCUT2D eigenvalue weighted by Gasteiger charge is 2.18. The largest absolute Gasteiger partial charge is 0.493 e. The summed E-state index contributed by atoms with van der Waals surface area (Å²) in [5.74, 6) is 2.95. The van der Waals surface area contributed by atoms with Gasteiger partial charge in [0.25, 0.3) is 5.22 Å². The fraction of sp³-hybridized carbons (Fsp3) is 0.200. The van der Waals surface area contributed by atoms with Crippen molar-refractivity contribution >= 4 is 23.4 Å². The lowest BCUT2D eigenvalue weighted by molar-refractivity contribution is 0.324. The first-order chi connectivity index (χ1) is 15.1. The maximum Gasteiger partial charge on any atom is 0.277 e. The molecule has 0 fully saturated rings. The minimum absolute atomic E-state index is 0.309. The number of ether oxygens (including phenoxy) is 3. The molecule has 0 saturated carbocycles. The summed E-state index contributed by atoms with van der Waals surface area (Å²) >= 11 is 7.45. The van der Waals surface area contributed by atoms with Crippen molar-refractivity contribution in [3.05, 3.63) is 47.3 Å². The summed E-state index contributed by atoms with van der Waals surface area (Å²) < 4.78 is 27.1. The quantitative estimate of drug-likeness (QED) is 0.341. The summed E-state index contributed by atoms with van der Waals surface area (Å²) in [6.45, 7) is 0. The van der Waals surface area contributed by atoms with Crippen LogP contribution in [-0.2, 0) is 5.75 Å². The molecule has 0 saturated heterocycles. The van der Waals surface area contributed by atoms with Crippen LogP contribution in [0.15, 0.2) is 50.6 Å². The first-order valence-corrected chi connectivity index (χ1v) is 10.3. The molecule has 0 atom stereocenters. The van der Waals surface area contributed by atoms with Crippen LogP contribution in [-0.4, -0.2) is 41.7 Å². The second-order valence-corrected chi connectivity index (χ2v) is 7.40. The molecule has 9 nitrogen and oxygen atoms in total. The molecule has 11 heteroatoms. The van der Waals surface area contributed by atoms with Crippen LogP contribution < -0.4 is 14.2 Å². The maximum absolute atomic E-state index is 6.18. The predicted octanol–water partition coefficient (Wildman–Crippen LogP) is 4.76. The van der Waals surface area contributed by atoms with Crippen LogP contribution in [0.25, 0.3) is 22.8 Å². The molecule has 0 bridgehead atoms. The molecule has 0 N–H and O–H groups in total. The van der Waals surface area contributed by atoms with E-state index in [2.05, 4.69) is 20.3 Å². The average molecular weight is 461 g/mol. The summed E-state index contributed by atoms with van der Waals surface area (Å²) in [4.78, 5) is 4.37. The molecule has 0 aliphatic heterocycles. The summed E-state index contributed by atoms with van der Waals surface area (Å²) in [5, 5.41) is 13.0. The van der Waals surface area contributed by atoms with E-state index in [-0.39, 0.29) is 0 Å². The third kappa shape index (κ3) is 4.44. The summed E-state index contributed by atoms with van der Waals surface area (Å²) in [5.41, 5.74) is 1.33. The van der Waals surface area contributed by atoms with Crippen molar-refractivity contribution in [2.45, 2.75) is 11.0 Å². The summed E-state index contributed by atoms with van der Waals surface area (Å²) in [7, 11) is 4.62. The standard InChI is InChI=1S/C20H17ClN4O5S/c1-26-14-8-11(9-15(27-2)17(14)28-3)19-23-24-20(29-19)31-10-16-22-18(25-30-16)12-6-4-5-7-13(12)21/h4-9H,10H2,1-3H3. The molecule has 0 unspecified atom stereocenters. The Morgan fingerprint density at radius 1 is 1.00 bits per heavy atom. The highest BCUT2D eigenvalue weighted by Crippen LogP contribution is 2.41. The van der Waals surface area contributed by atoms with E-state index in [1.165, 1.54) is 33.1 Å². The Labute approximate surface area is 186 Å². The Hall–Kier alpha value is -3.24. The Morgan fingerprint density at radius 3 is 2.42 bits per heavy atom. The van der Waals surface area contributed by atoms with E-state index in [9.17, 15) is 0 Å². The number of thioether (sulfide) groups is 1. The van der Waals surface area contributed by atoms with Crippen molar-refractivity contribution in [3.63, 3.8) is 0 Å². The molecule has 31 heavy (non-hydrogen) atoms. The SMILES string of the molecule is COc1cc(-c2nnc(SCc3nc(-c4ccccc4Cl)no3)o2)cc(OC)c1OC. The van der Waals surface area contributed by atoms with Gasteiger partial charge in [0, 0.05) is 11.1 Å². The first-order valence-electron chi connectivity index (χ1n) is 8.97. The number of rotatable bonds is 8. The molecular weight excluding hydrogens is 444 g/mol. The lowest BCUT2D eigenvalue weighted by Gasteiger charge is -2.12. The molecule has 4 aromatic rings. The highest BCUT2D eigenvalue weighted by molar-refractivity contribution is 7.98. The minimum atomic E-state index is 0.309. The zero-order valence-corrected chi connectivity index (χ0v) is 18.4. The molecule has 0 spiro atoms. The van der Waals surface area contributed by atoms with Gasteiger partial charge in [0.15, 0.2) is 11.5 Å². The number of hydrogen-bond acceptors (Lipinski definition) is 10. The average Bonchev–Trinajstić information content (AvgIpc) is 3.46. The molecule has 2 heterocycles. The molecule has 2 aromatic heterocycles. The van der Waals surface area contributed by atoms with Crippen LogP contribution >= 0.6 is 23.4 Å². The van der Waals surface area contributed by atoms with E-state index >= 15 is 0 Å². The number of methoxy groups -OCH3 is 3. The van der Waals surface area contributed by atoms with Gasteiger partial charge < -0.3 is 23.2 Å². The second-order valence-electron chi connectivity index (χ2n) is 6.07. The normalized spacial score (nSPS) is 10.8. The van der Waals surface area contributed by atoms with Crippen molar-refractivity contribution in [2.75, 3.05) is 21.3 Å². The molecule has 2 aromatic carbocycles. The smallest absolute Gasteiger partial charge is 0.277 e. The van der Waals surface area contributed by atoms with Crippen LogP contribution in [0.2, 0.25) is 5.02 Å². The van der Waals surface area contributed by atoms with Crippen molar-refractivity contribution < 1.29 is 23.2 Å². The number of nitrogens with zero attached hydrogens (tertiary/aromatic N) is 4. The number of aromatic nitrogens is 4. The van der Waals surface area contributed by atoms with E-state index in [1.807, 2.05) is 18.2 Å². The molecule has 160 valence electrons. The predicted molar refractivity (Wildman–Crippen MR) is 114 cm³/mol. The monoisotopic (exact) mass is 460 g/mol. The van der Waals surface area contributed by atoms with Crippen molar-refractivity contribution in [3.8, 4) is 40.1 Å². The van der Waals surface area contributed by atoms with E-state index in [0.29, 0.717) is 62.0 Å². The van der Waals surface area contributed by atoms with Gasteiger partial charge in [0.2, 0.25) is 23.4 Å². The number of halogens is 1. The maximum atomic E-state index is 6.18. The zero-order valence-electron chi connectivity index (χ0n) is 16.8. The third-order valence-electron chi connectivity index (χ3n) is 4.22. The van der Waals surface area contributed by atoms with Crippen LogP contribution in [0, 0.1) is 0 Å². The Kier molecular flexibility index (Phi) is 6.28. The van der Waals surface area contributed by atoms with E-state index < -0.39 is 0 Å². The van der Waals surface area contributed by atoms with Crippen LogP contribution in [0.1, 0.15) is 5.89 Å². The van der Waals surface area contributed by atoms with Crippen LogP contribution in [0.3, 0.4) is 0 Å².